The van der Waals surface area contributed by atoms with Crippen molar-refractivity contribution in [3.63, 3.8) is 0 Å². The van der Waals surface area contributed by atoms with Gasteiger partial charge in [-0.3, -0.25) is 14.4 Å². The first-order chi connectivity index (χ1) is 17.0. The maximum Gasteiger partial charge on any atom is 0.311 e. The standard InChI is InChI=1S/C26H29ClN2O5S/c27-17-9-3-4-10-18(17)28-14-8-12-26-21(20-19(35-26)11-7-16-34-25(20)33)23(31)29(22(26)24(28)32)13-5-1-2-6-15-30/h3-4,7-12,19-22,30H,1-2,5-6,13-16H2/t19-,20+,21-,22?,26-/m0/s1. The lowest BCUT2D eigenvalue weighted by Gasteiger charge is -2.35. The number of aliphatic hydroxyl groups is 1. The van der Waals surface area contributed by atoms with Gasteiger partial charge in [-0.05, 0) is 25.0 Å². The zero-order valence-electron chi connectivity index (χ0n) is 19.3. The number of thioether (sulfide) groups is 1. The lowest BCUT2D eigenvalue weighted by Crippen LogP contribution is -2.53. The molecule has 4 heterocycles. The van der Waals surface area contributed by atoms with Crippen LogP contribution in [0.5, 0.6) is 0 Å². The second-order valence-corrected chi connectivity index (χ2v) is 11.3. The van der Waals surface area contributed by atoms with E-state index in [4.69, 9.17) is 21.4 Å². The third-order valence-corrected chi connectivity index (χ3v) is 9.43. The average molecular weight is 517 g/mol. The van der Waals surface area contributed by atoms with Crippen LogP contribution in [0.2, 0.25) is 5.02 Å². The number of nitrogens with zero attached hydrogens (tertiary/aromatic N) is 2. The molecule has 0 aromatic heterocycles. The molecule has 2 saturated heterocycles. The number of carbonyl (C=O) groups excluding carboxylic acids is 3. The van der Waals surface area contributed by atoms with Crippen molar-refractivity contribution >= 4 is 46.8 Å². The van der Waals surface area contributed by atoms with Gasteiger partial charge in [0.15, 0.2) is 0 Å². The molecule has 0 bridgehead atoms. The predicted octanol–water partition coefficient (Wildman–Crippen LogP) is 3.21. The second kappa shape index (κ2) is 9.99. The molecule has 0 radical (unpaired) electrons. The summed E-state index contributed by atoms with van der Waals surface area (Å²) in [5.41, 5.74) is 0.608. The Kier molecular flexibility index (Phi) is 6.97. The maximum absolute atomic E-state index is 14.2. The first-order valence-corrected chi connectivity index (χ1v) is 13.4. The lowest BCUT2D eigenvalue weighted by molar-refractivity contribution is -0.151. The van der Waals surface area contributed by atoms with Crippen LogP contribution in [0.1, 0.15) is 25.7 Å². The average Bonchev–Trinajstić information content (AvgIpc) is 3.14. The molecule has 2 fully saturated rings. The van der Waals surface area contributed by atoms with Gasteiger partial charge in [0.2, 0.25) is 5.91 Å². The molecule has 0 aliphatic carbocycles. The number of amides is 2. The van der Waals surface area contributed by atoms with Gasteiger partial charge >= 0.3 is 5.97 Å². The number of para-hydroxylation sites is 1. The van der Waals surface area contributed by atoms with Crippen LogP contribution in [-0.2, 0) is 19.1 Å². The number of benzene rings is 1. The fourth-order valence-electron chi connectivity index (χ4n) is 5.84. The molecule has 1 spiro atoms. The highest BCUT2D eigenvalue weighted by Gasteiger charge is 2.71. The molecule has 4 aliphatic heterocycles. The molecule has 2 amide bonds. The van der Waals surface area contributed by atoms with E-state index >= 15 is 0 Å². The number of hydrogen-bond acceptors (Lipinski definition) is 6. The number of anilines is 1. The Morgan fingerprint density at radius 1 is 1.09 bits per heavy atom. The van der Waals surface area contributed by atoms with Crippen LogP contribution in [0.4, 0.5) is 5.69 Å². The van der Waals surface area contributed by atoms with Crippen LogP contribution < -0.4 is 4.90 Å². The highest BCUT2D eigenvalue weighted by atomic mass is 35.5. The number of carbonyl (C=O) groups is 3. The predicted molar refractivity (Wildman–Crippen MR) is 135 cm³/mol. The number of ether oxygens (including phenoxy) is 1. The van der Waals surface area contributed by atoms with Crippen molar-refractivity contribution in [3.8, 4) is 0 Å². The van der Waals surface area contributed by atoms with E-state index < -0.39 is 22.6 Å². The zero-order chi connectivity index (χ0) is 24.6. The number of aliphatic hydroxyl groups excluding tert-OH is 1. The van der Waals surface area contributed by atoms with Crippen LogP contribution in [0.3, 0.4) is 0 Å². The summed E-state index contributed by atoms with van der Waals surface area (Å²) >= 11 is 8.00. The highest BCUT2D eigenvalue weighted by molar-refractivity contribution is 8.02. The van der Waals surface area contributed by atoms with Gasteiger partial charge in [0.05, 0.1) is 27.3 Å². The molecule has 1 unspecified atom stereocenters. The number of halogens is 1. The summed E-state index contributed by atoms with van der Waals surface area (Å²) < 4.78 is 4.55. The fraction of sp³-hybridized carbons (Fsp3) is 0.500. The fourth-order valence-corrected chi connectivity index (χ4v) is 8.08. The van der Waals surface area contributed by atoms with Crippen LogP contribution >= 0.6 is 23.4 Å². The molecule has 35 heavy (non-hydrogen) atoms. The molecule has 1 N–H and O–H groups in total. The number of likely N-dealkylation sites (tertiary alicyclic amines) is 1. The van der Waals surface area contributed by atoms with Crippen molar-refractivity contribution in [2.24, 2.45) is 11.8 Å². The SMILES string of the molecule is O=C1OCC=C[C@@H]2S[C@]34C=CCN(c5ccccc5Cl)C(=O)C3N(CCCCCCO)C(=O)[C@@H]4[C@H]12. The number of rotatable bonds is 7. The minimum atomic E-state index is -0.856. The first-order valence-electron chi connectivity index (χ1n) is 12.2. The maximum atomic E-state index is 14.2. The van der Waals surface area contributed by atoms with E-state index in [0.29, 0.717) is 30.2 Å². The van der Waals surface area contributed by atoms with Gasteiger partial charge < -0.3 is 19.6 Å². The van der Waals surface area contributed by atoms with E-state index in [1.807, 2.05) is 42.5 Å². The van der Waals surface area contributed by atoms with Gasteiger partial charge in [-0.15, -0.1) is 11.8 Å². The van der Waals surface area contributed by atoms with E-state index in [9.17, 15) is 14.4 Å². The van der Waals surface area contributed by atoms with E-state index in [2.05, 4.69) is 0 Å². The monoisotopic (exact) mass is 516 g/mol. The Hall–Kier alpha value is -2.29. The molecule has 1 aromatic rings. The van der Waals surface area contributed by atoms with E-state index in [0.717, 1.165) is 19.3 Å². The van der Waals surface area contributed by atoms with Gasteiger partial charge in [0.1, 0.15) is 12.6 Å². The smallest absolute Gasteiger partial charge is 0.311 e. The van der Waals surface area contributed by atoms with Gasteiger partial charge in [0, 0.05) is 24.9 Å². The summed E-state index contributed by atoms with van der Waals surface area (Å²) in [5.74, 6) is -2.02. The summed E-state index contributed by atoms with van der Waals surface area (Å²) in [7, 11) is 0. The number of cyclic esters (lactones) is 1. The van der Waals surface area contributed by atoms with E-state index in [1.54, 1.807) is 15.9 Å². The van der Waals surface area contributed by atoms with Crippen LogP contribution in [-0.4, -0.2) is 70.1 Å². The second-order valence-electron chi connectivity index (χ2n) is 9.37. The summed E-state index contributed by atoms with van der Waals surface area (Å²) in [6.07, 6.45) is 10.8. The molecular weight excluding hydrogens is 488 g/mol. The van der Waals surface area contributed by atoms with E-state index in [1.165, 1.54) is 11.8 Å². The van der Waals surface area contributed by atoms with Gasteiger partial charge in [-0.1, -0.05) is 60.9 Å². The Balaban J connectivity index is 1.54. The molecule has 0 saturated carbocycles. The number of esters is 1. The van der Waals surface area contributed by atoms with Crippen molar-refractivity contribution in [2.45, 2.75) is 41.7 Å². The van der Waals surface area contributed by atoms with Gasteiger partial charge in [0.25, 0.3) is 5.91 Å². The summed E-state index contributed by atoms with van der Waals surface area (Å²) in [4.78, 5) is 44.5. The first kappa shape index (κ1) is 24.4. The molecular formula is C26H29ClN2O5S. The van der Waals surface area contributed by atoms with Crippen LogP contribution in [0.15, 0.2) is 48.6 Å². The van der Waals surface area contributed by atoms with Crippen LogP contribution in [0.25, 0.3) is 0 Å². The zero-order valence-corrected chi connectivity index (χ0v) is 20.9. The minimum absolute atomic E-state index is 0.141. The minimum Gasteiger partial charge on any atom is -0.461 e. The Morgan fingerprint density at radius 2 is 1.89 bits per heavy atom. The number of unbranched alkanes of at least 4 members (excludes halogenated alkanes) is 3. The van der Waals surface area contributed by atoms with Crippen LogP contribution in [0, 0.1) is 11.8 Å². The number of fused-ring (bicyclic) bond motifs is 2. The Bertz CT molecular complexity index is 1080. The highest BCUT2D eigenvalue weighted by Crippen LogP contribution is 2.61. The molecule has 5 atom stereocenters. The molecule has 4 aliphatic rings. The Morgan fingerprint density at radius 3 is 2.69 bits per heavy atom. The van der Waals surface area contributed by atoms with E-state index in [-0.39, 0.29) is 36.2 Å². The lowest BCUT2D eigenvalue weighted by atomic mass is 9.78. The molecule has 1 aromatic carbocycles. The molecule has 5 rings (SSSR count). The largest absolute Gasteiger partial charge is 0.461 e. The summed E-state index contributed by atoms with van der Waals surface area (Å²) in [6.45, 7) is 1.10. The van der Waals surface area contributed by atoms with Gasteiger partial charge in [-0.25, -0.2) is 0 Å². The summed E-state index contributed by atoms with van der Waals surface area (Å²) in [6, 6.07) is 6.47. The third-order valence-electron chi connectivity index (χ3n) is 7.36. The van der Waals surface area contributed by atoms with Crippen molar-refractivity contribution < 1.29 is 24.2 Å². The normalized spacial score (nSPS) is 31.7. The van der Waals surface area contributed by atoms with Crippen molar-refractivity contribution in [1.29, 1.82) is 0 Å². The van der Waals surface area contributed by atoms with Crippen molar-refractivity contribution in [1.82, 2.24) is 4.90 Å². The van der Waals surface area contributed by atoms with Crippen molar-refractivity contribution in [3.05, 3.63) is 53.6 Å². The number of hydrogen-bond donors (Lipinski definition) is 1. The van der Waals surface area contributed by atoms with Crippen molar-refractivity contribution in [2.75, 3.05) is 31.2 Å². The molecule has 186 valence electrons. The van der Waals surface area contributed by atoms with Gasteiger partial charge in [-0.2, -0.15) is 0 Å². The Labute approximate surface area is 214 Å². The quantitative estimate of drug-likeness (QED) is 0.340. The summed E-state index contributed by atoms with van der Waals surface area (Å²) in [5, 5.41) is 9.33. The molecule has 9 heteroatoms. The third kappa shape index (κ3) is 4.09. The molecule has 7 nitrogen and oxygen atoms in total. The topological polar surface area (TPSA) is 87.2 Å².